The Morgan fingerprint density at radius 1 is 0.871 bits per heavy atom. The molecule has 1 atom stereocenters. The fourth-order valence-corrected chi connectivity index (χ4v) is 4.87. The van der Waals surface area contributed by atoms with E-state index in [1.165, 1.54) is 11.2 Å². The molecule has 166 valence electrons. The summed E-state index contributed by atoms with van der Waals surface area (Å²) in [5.41, 5.74) is 2.30. The molecule has 1 aliphatic rings. The summed E-state index contributed by atoms with van der Waals surface area (Å²) in [4.78, 5) is 26.0. The summed E-state index contributed by atoms with van der Waals surface area (Å²) < 4.78 is 27.2. The van der Waals surface area contributed by atoms with Crippen LogP contribution in [0.1, 0.15) is 19.4 Å². The largest absolute Gasteiger partial charge is 0.326 e. The number of aryl methyl sites for hydroxylation is 1. The first-order valence-corrected chi connectivity index (χ1v) is 11.6. The van der Waals surface area contributed by atoms with Gasteiger partial charge in [0.05, 0.1) is 10.9 Å². The van der Waals surface area contributed by atoms with Crippen LogP contribution in [-0.2, 0) is 19.6 Å². The average molecular weight is 445 g/mol. The van der Waals surface area contributed by atoms with Crippen LogP contribution in [0.3, 0.4) is 0 Å². The number of sulfonamides is 1. The van der Waals surface area contributed by atoms with Crippen molar-refractivity contribution in [2.24, 2.45) is 0 Å². The first-order chi connectivity index (χ1) is 14.7. The standard InChI is InChI=1S/C22H28N4O4S/c1-16-4-10-21(11-5-16)31(29,30)26-14-12-25(13-15-26)17(2)22(28)24-20-8-6-19(7-9-20)23-18(3)27/h4-11,17H,12-15H2,1-3H3,(H,23,27)(H,24,28)/t17-/m1/s1. The molecule has 0 saturated carbocycles. The highest BCUT2D eigenvalue weighted by Gasteiger charge is 2.31. The fourth-order valence-electron chi connectivity index (χ4n) is 3.44. The van der Waals surface area contributed by atoms with Crippen LogP contribution in [-0.4, -0.2) is 61.7 Å². The Morgan fingerprint density at radius 2 is 1.39 bits per heavy atom. The van der Waals surface area contributed by atoms with Crippen molar-refractivity contribution in [2.45, 2.75) is 31.7 Å². The molecule has 1 saturated heterocycles. The number of carbonyl (C=O) groups is 2. The molecule has 8 nitrogen and oxygen atoms in total. The topological polar surface area (TPSA) is 98.8 Å². The van der Waals surface area contributed by atoms with Crippen LogP contribution in [0.15, 0.2) is 53.4 Å². The van der Waals surface area contributed by atoms with E-state index in [4.69, 9.17) is 0 Å². The van der Waals surface area contributed by atoms with Crippen LogP contribution in [0, 0.1) is 6.92 Å². The summed E-state index contributed by atoms with van der Waals surface area (Å²) in [5.74, 6) is -0.323. The minimum Gasteiger partial charge on any atom is -0.326 e. The summed E-state index contributed by atoms with van der Waals surface area (Å²) in [6.07, 6.45) is 0. The van der Waals surface area contributed by atoms with Gasteiger partial charge in [-0.1, -0.05) is 17.7 Å². The highest BCUT2D eigenvalue weighted by Crippen LogP contribution is 2.20. The van der Waals surface area contributed by atoms with Crippen LogP contribution in [0.5, 0.6) is 0 Å². The summed E-state index contributed by atoms with van der Waals surface area (Å²) in [6, 6.07) is 13.3. The summed E-state index contributed by atoms with van der Waals surface area (Å²) >= 11 is 0. The van der Waals surface area contributed by atoms with E-state index in [0.717, 1.165) is 5.56 Å². The molecule has 0 aliphatic carbocycles. The quantitative estimate of drug-likeness (QED) is 0.712. The predicted molar refractivity (Wildman–Crippen MR) is 120 cm³/mol. The van der Waals surface area contributed by atoms with Gasteiger partial charge in [-0.3, -0.25) is 14.5 Å². The van der Waals surface area contributed by atoms with Crippen molar-refractivity contribution in [3.05, 3.63) is 54.1 Å². The van der Waals surface area contributed by atoms with E-state index in [0.29, 0.717) is 42.4 Å². The van der Waals surface area contributed by atoms with Crippen molar-refractivity contribution >= 4 is 33.2 Å². The van der Waals surface area contributed by atoms with Crippen molar-refractivity contribution in [1.82, 2.24) is 9.21 Å². The van der Waals surface area contributed by atoms with E-state index >= 15 is 0 Å². The van der Waals surface area contributed by atoms with Gasteiger partial charge in [0.2, 0.25) is 21.8 Å². The van der Waals surface area contributed by atoms with Crippen LogP contribution in [0.2, 0.25) is 0 Å². The van der Waals surface area contributed by atoms with Crippen LogP contribution >= 0.6 is 0 Å². The van der Waals surface area contributed by atoms with Gasteiger partial charge in [-0.2, -0.15) is 4.31 Å². The van der Waals surface area contributed by atoms with Crippen LogP contribution in [0.25, 0.3) is 0 Å². The Bertz CT molecular complexity index is 1030. The van der Waals surface area contributed by atoms with Gasteiger partial charge in [0.15, 0.2) is 0 Å². The second-order valence-corrected chi connectivity index (χ2v) is 9.61. The van der Waals surface area contributed by atoms with Gasteiger partial charge < -0.3 is 10.6 Å². The molecular formula is C22H28N4O4S. The van der Waals surface area contributed by atoms with E-state index in [2.05, 4.69) is 10.6 Å². The monoisotopic (exact) mass is 444 g/mol. The fraction of sp³-hybridized carbons (Fsp3) is 0.364. The highest BCUT2D eigenvalue weighted by molar-refractivity contribution is 7.89. The van der Waals surface area contributed by atoms with Crippen molar-refractivity contribution in [2.75, 3.05) is 36.8 Å². The van der Waals surface area contributed by atoms with Gasteiger partial charge >= 0.3 is 0 Å². The lowest BCUT2D eigenvalue weighted by molar-refractivity contribution is -0.121. The molecule has 1 fully saturated rings. The van der Waals surface area contributed by atoms with Gasteiger partial charge in [0, 0.05) is 44.5 Å². The number of rotatable bonds is 6. The van der Waals surface area contributed by atoms with Crippen molar-refractivity contribution in [3.8, 4) is 0 Å². The minimum absolute atomic E-state index is 0.158. The van der Waals surface area contributed by atoms with E-state index in [1.54, 1.807) is 48.5 Å². The molecule has 2 N–H and O–H groups in total. The normalized spacial score (nSPS) is 16.5. The Kier molecular flexibility index (Phi) is 7.09. The van der Waals surface area contributed by atoms with E-state index in [1.807, 2.05) is 18.7 Å². The second-order valence-electron chi connectivity index (χ2n) is 7.68. The molecule has 2 amide bonds. The molecule has 0 bridgehead atoms. The molecule has 3 rings (SSSR count). The van der Waals surface area contributed by atoms with Crippen molar-refractivity contribution in [1.29, 1.82) is 0 Å². The molecule has 2 aromatic carbocycles. The SMILES string of the molecule is CC(=O)Nc1ccc(NC(=O)[C@@H](C)N2CCN(S(=O)(=O)c3ccc(C)cc3)CC2)cc1. The molecular weight excluding hydrogens is 416 g/mol. The molecule has 1 aliphatic heterocycles. The number of nitrogens with one attached hydrogen (secondary N) is 2. The third-order valence-corrected chi connectivity index (χ3v) is 7.24. The van der Waals surface area contributed by atoms with E-state index in [9.17, 15) is 18.0 Å². The number of piperazine rings is 1. The molecule has 1 heterocycles. The lowest BCUT2D eigenvalue weighted by Gasteiger charge is -2.36. The first kappa shape index (κ1) is 22.9. The summed E-state index contributed by atoms with van der Waals surface area (Å²) in [7, 11) is -3.53. The molecule has 0 aromatic heterocycles. The number of benzene rings is 2. The minimum atomic E-state index is -3.53. The van der Waals surface area contributed by atoms with Gasteiger partial charge in [0.1, 0.15) is 0 Å². The van der Waals surface area contributed by atoms with Gasteiger partial charge in [0.25, 0.3) is 0 Å². The third kappa shape index (κ3) is 5.69. The Morgan fingerprint density at radius 3 is 1.90 bits per heavy atom. The maximum absolute atomic E-state index is 12.8. The van der Waals surface area contributed by atoms with Crippen LogP contribution < -0.4 is 10.6 Å². The van der Waals surface area contributed by atoms with E-state index < -0.39 is 16.1 Å². The zero-order valence-electron chi connectivity index (χ0n) is 18.0. The van der Waals surface area contributed by atoms with Crippen molar-refractivity contribution in [3.63, 3.8) is 0 Å². The summed E-state index contributed by atoms with van der Waals surface area (Å²) in [5, 5.41) is 5.54. The zero-order chi connectivity index (χ0) is 22.6. The molecule has 31 heavy (non-hydrogen) atoms. The lowest BCUT2D eigenvalue weighted by atomic mass is 10.2. The first-order valence-electron chi connectivity index (χ1n) is 10.2. The Labute approximate surface area is 183 Å². The molecule has 0 spiro atoms. The number of anilines is 2. The smallest absolute Gasteiger partial charge is 0.243 e. The molecule has 0 radical (unpaired) electrons. The number of nitrogens with zero attached hydrogens (tertiary/aromatic N) is 2. The number of carbonyl (C=O) groups excluding carboxylic acids is 2. The highest BCUT2D eigenvalue weighted by atomic mass is 32.2. The van der Waals surface area contributed by atoms with Crippen molar-refractivity contribution < 1.29 is 18.0 Å². The summed E-state index contributed by atoms with van der Waals surface area (Å²) in [6.45, 7) is 6.77. The number of hydrogen-bond acceptors (Lipinski definition) is 5. The molecule has 0 unspecified atom stereocenters. The lowest BCUT2D eigenvalue weighted by Crippen LogP contribution is -2.53. The van der Waals surface area contributed by atoms with E-state index in [-0.39, 0.29) is 11.8 Å². The van der Waals surface area contributed by atoms with Gasteiger partial charge in [-0.05, 0) is 50.2 Å². The maximum atomic E-state index is 12.8. The van der Waals surface area contributed by atoms with Crippen LogP contribution in [0.4, 0.5) is 11.4 Å². The molecule has 9 heteroatoms. The number of hydrogen-bond donors (Lipinski definition) is 2. The Balaban J connectivity index is 1.55. The third-order valence-electron chi connectivity index (χ3n) is 5.33. The zero-order valence-corrected chi connectivity index (χ0v) is 18.8. The number of amides is 2. The second kappa shape index (κ2) is 9.59. The Hall–Kier alpha value is -2.75. The average Bonchev–Trinajstić information content (AvgIpc) is 2.74. The van der Waals surface area contributed by atoms with Gasteiger partial charge in [-0.15, -0.1) is 0 Å². The van der Waals surface area contributed by atoms with Gasteiger partial charge in [-0.25, -0.2) is 8.42 Å². The molecule has 2 aromatic rings. The maximum Gasteiger partial charge on any atom is 0.243 e. The predicted octanol–water partition coefficient (Wildman–Crippen LogP) is 2.29.